The second kappa shape index (κ2) is 10.5. The highest BCUT2D eigenvalue weighted by molar-refractivity contribution is 5.94. The fourth-order valence-electron chi connectivity index (χ4n) is 3.48. The number of carbonyl (C=O) groups excluding carboxylic acids is 1. The molecule has 0 radical (unpaired) electrons. The zero-order valence-corrected chi connectivity index (χ0v) is 18.1. The molecule has 1 saturated heterocycles. The molecule has 0 bridgehead atoms. The van der Waals surface area contributed by atoms with Crippen LogP contribution in [0, 0.1) is 0 Å². The first-order chi connectivity index (χ1) is 15.3. The van der Waals surface area contributed by atoms with Gasteiger partial charge in [0.2, 0.25) is 0 Å². The zero-order valence-electron chi connectivity index (χ0n) is 18.1. The molecular weight excluding hydrogens is 421 g/mol. The third-order valence-electron chi connectivity index (χ3n) is 5.14. The lowest BCUT2D eigenvalue weighted by Gasteiger charge is -2.22. The summed E-state index contributed by atoms with van der Waals surface area (Å²) >= 11 is 0. The van der Waals surface area contributed by atoms with E-state index in [1.807, 2.05) is 36.2 Å². The summed E-state index contributed by atoms with van der Waals surface area (Å²) in [5, 5.41) is 6.12. The molecule has 0 spiro atoms. The molecule has 1 aliphatic rings. The average molecular weight is 448 g/mol. The second-order valence-corrected chi connectivity index (χ2v) is 7.64. The number of carbonyl (C=O) groups is 1. The van der Waals surface area contributed by atoms with Gasteiger partial charge in [-0.05, 0) is 48.2 Å². The molecule has 9 heteroatoms. The molecule has 6 nitrogen and oxygen atoms in total. The number of nitrogens with one attached hydrogen (secondary N) is 2. The molecule has 0 aliphatic carbocycles. The number of rotatable bonds is 6. The van der Waals surface area contributed by atoms with E-state index in [9.17, 15) is 18.0 Å². The lowest BCUT2D eigenvalue weighted by Crippen LogP contribution is -2.38. The molecule has 3 rings (SSSR count). The van der Waals surface area contributed by atoms with E-state index >= 15 is 0 Å². The van der Waals surface area contributed by atoms with Crippen molar-refractivity contribution in [2.45, 2.75) is 38.2 Å². The number of alkyl halides is 3. The molecule has 172 valence electrons. The number of amides is 1. The predicted octanol–water partition coefficient (Wildman–Crippen LogP) is 4.03. The standard InChI is InChI=1S/C23H27F3N4O2/c1-27-22(30(2)15-16-8-10-18(11-9-16)23(24,25)26)28-14-17-5-3-6-19(13-17)29-21(31)20-7-4-12-32-20/h3,5-6,8-11,13,20H,4,7,12,14-15H2,1-2H3,(H,27,28)(H,29,31). The van der Waals surface area contributed by atoms with Gasteiger partial charge in [-0.3, -0.25) is 9.79 Å². The normalized spacial score (nSPS) is 16.7. The minimum Gasteiger partial charge on any atom is -0.368 e. The monoisotopic (exact) mass is 448 g/mol. The van der Waals surface area contributed by atoms with E-state index in [4.69, 9.17) is 4.74 Å². The maximum absolute atomic E-state index is 12.7. The Morgan fingerprint density at radius 3 is 2.56 bits per heavy atom. The number of ether oxygens (including phenoxy) is 1. The molecule has 1 aliphatic heterocycles. The van der Waals surface area contributed by atoms with Crippen molar-refractivity contribution in [1.82, 2.24) is 10.2 Å². The Balaban J connectivity index is 1.55. The van der Waals surface area contributed by atoms with E-state index in [0.29, 0.717) is 31.3 Å². The Morgan fingerprint density at radius 1 is 1.19 bits per heavy atom. The van der Waals surface area contributed by atoms with E-state index in [1.54, 1.807) is 7.05 Å². The van der Waals surface area contributed by atoms with E-state index in [1.165, 1.54) is 12.1 Å². The summed E-state index contributed by atoms with van der Waals surface area (Å²) in [7, 11) is 3.45. The van der Waals surface area contributed by atoms with Gasteiger partial charge in [-0.1, -0.05) is 24.3 Å². The zero-order chi connectivity index (χ0) is 23.1. The molecule has 2 N–H and O–H groups in total. The number of halogens is 3. The van der Waals surface area contributed by atoms with Gasteiger partial charge in [0.25, 0.3) is 5.91 Å². The number of hydrogen-bond acceptors (Lipinski definition) is 3. The topological polar surface area (TPSA) is 66.0 Å². The van der Waals surface area contributed by atoms with Crippen LogP contribution in [0.15, 0.2) is 53.5 Å². The number of hydrogen-bond donors (Lipinski definition) is 2. The third kappa shape index (κ3) is 6.46. The van der Waals surface area contributed by atoms with Gasteiger partial charge in [0, 0.05) is 39.5 Å². The van der Waals surface area contributed by atoms with Gasteiger partial charge in [0.05, 0.1) is 5.56 Å². The SMILES string of the molecule is CN=C(NCc1cccc(NC(=O)C2CCCO2)c1)N(C)Cc1ccc(C(F)(F)F)cc1. The van der Waals surface area contributed by atoms with Crippen LogP contribution in [0.25, 0.3) is 0 Å². The van der Waals surface area contributed by atoms with Crippen LogP contribution < -0.4 is 10.6 Å². The Bertz CT molecular complexity index is 939. The summed E-state index contributed by atoms with van der Waals surface area (Å²) < 4.78 is 43.6. The van der Waals surface area contributed by atoms with Crippen LogP contribution in [0.4, 0.5) is 18.9 Å². The minimum atomic E-state index is -4.35. The van der Waals surface area contributed by atoms with Crippen molar-refractivity contribution in [1.29, 1.82) is 0 Å². The first kappa shape index (κ1) is 23.6. The van der Waals surface area contributed by atoms with Crippen LogP contribution in [0.3, 0.4) is 0 Å². The summed E-state index contributed by atoms with van der Waals surface area (Å²) in [6, 6.07) is 12.6. The van der Waals surface area contributed by atoms with Crippen LogP contribution in [0.1, 0.15) is 29.5 Å². The van der Waals surface area contributed by atoms with E-state index in [-0.39, 0.29) is 5.91 Å². The van der Waals surface area contributed by atoms with Gasteiger partial charge in [0.15, 0.2) is 5.96 Å². The molecular formula is C23H27F3N4O2. The highest BCUT2D eigenvalue weighted by Crippen LogP contribution is 2.29. The highest BCUT2D eigenvalue weighted by atomic mass is 19.4. The number of anilines is 1. The van der Waals surface area contributed by atoms with Crippen molar-refractivity contribution >= 4 is 17.6 Å². The Labute approximate surface area is 185 Å². The fourth-order valence-corrected chi connectivity index (χ4v) is 3.48. The van der Waals surface area contributed by atoms with E-state index < -0.39 is 17.8 Å². The molecule has 32 heavy (non-hydrogen) atoms. The summed E-state index contributed by atoms with van der Waals surface area (Å²) in [6.07, 6.45) is -3.12. The smallest absolute Gasteiger partial charge is 0.368 e. The molecule has 1 unspecified atom stereocenters. The van der Waals surface area contributed by atoms with Gasteiger partial charge in [-0.15, -0.1) is 0 Å². The second-order valence-electron chi connectivity index (χ2n) is 7.64. The summed E-state index contributed by atoms with van der Waals surface area (Å²) in [5.74, 6) is 0.457. The van der Waals surface area contributed by atoms with Gasteiger partial charge in [-0.25, -0.2) is 0 Å². The molecule has 2 aromatic carbocycles. The van der Waals surface area contributed by atoms with Gasteiger partial charge < -0.3 is 20.3 Å². The van der Waals surface area contributed by atoms with Crippen LogP contribution in [-0.4, -0.2) is 43.6 Å². The van der Waals surface area contributed by atoms with Gasteiger partial charge in [-0.2, -0.15) is 13.2 Å². The third-order valence-corrected chi connectivity index (χ3v) is 5.14. The highest BCUT2D eigenvalue weighted by Gasteiger charge is 2.30. The number of benzene rings is 2. The first-order valence-electron chi connectivity index (χ1n) is 10.4. The lowest BCUT2D eigenvalue weighted by molar-refractivity contribution is -0.137. The van der Waals surface area contributed by atoms with Gasteiger partial charge >= 0.3 is 6.18 Å². The van der Waals surface area contributed by atoms with Crippen LogP contribution in [-0.2, 0) is 28.8 Å². The maximum atomic E-state index is 12.7. The molecule has 0 aromatic heterocycles. The quantitative estimate of drug-likeness (QED) is 0.517. The summed E-state index contributed by atoms with van der Waals surface area (Å²) in [4.78, 5) is 18.3. The minimum absolute atomic E-state index is 0.139. The number of nitrogens with zero attached hydrogens (tertiary/aromatic N) is 2. The summed E-state index contributed by atoms with van der Waals surface area (Å²) in [5.41, 5.74) is 1.71. The Hall–Kier alpha value is -3.07. The van der Waals surface area contributed by atoms with Crippen molar-refractivity contribution in [2.24, 2.45) is 4.99 Å². The van der Waals surface area contributed by atoms with E-state index in [2.05, 4.69) is 15.6 Å². The molecule has 2 aromatic rings. The van der Waals surface area contributed by atoms with Crippen LogP contribution >= 0.6 is 0 Å². The predicted molar refractivity (Wildman–Crippen MR) is 117 cm³/mol. The lowest BCUT2D eigenvalue weighted by atomic mass is 10.1. The maximum Gasteiger partial charge on any atom is 0.416 e. The first-order valence-corrected chi connectivity index (χ1v) is 10.4. The Kier molecular flexibility index (Phi) is 7.74. The summed E-state index contributed by atoms with van der Waals surface area (Å²) in [6.45, 7) is 1.48. The average Bonchev–Trinajstić information content (AvgIpc) is 3.29. The number of guanidine groups is 1. The molecule has 1 amide bonds. The van der Waals surface area contributed by atoms with Crippen molar-refractivity contribution in [3.8, 4) is 0 Å². The Morgan fingerprint density at radius 2 is 1.94 bits per heavy atom. The molecule has 1 atom stereocenters. The van der Waals surface area contributed by atoms with Crippen LogP contribution in [0.5, 0.6) is 0 Å². The number of aliphatic imine (C=N–C) groups is 1. The van der Waals surface area contributed by atoms with Crippen molar-refractivity contribution in [3.63, 3.8) is 0 Å². The van der Waals surface area contributed by atoms with Crippen molar-refractivity contribution < 1.29 is 22.7 Å². The molecule has 1 heterocycles. The van der Waals surface area contributed by atoms with Crippen LogP contribution in [0.2, 0.25) is 0 Å². The fraction of sp³-hybridized carbons (Fsp3) is 0.391. The molecule has 1 fully saturated rings. The molecule has 0 saturated carbocycles. The van der Waals surface area contributed by atoms with Gasteiger partial charge in [0.1, 0.15) is 6.10 Å². The van der Waals surface area contributed by atoms with E-state index in [0.717, 1.165) is 36.1 Å². The van der Waals surface area contributed by atoms with Crippen molar-refractivity contribution in [2.75, 3.05) is 26.0 Å². The largest absolute Gasteiger partial charge is 0.416 e. The van der Waals surface area contributed by atoms with Crippen molar-refractivity contribution in [3.05, 3.63) is 65.2 Å².